The molecule has 1 heterocycles. The molecule has 108 valence electrons. The Balaban J connectivity index is 2.78. The smallest absolute Gasteiger partial charge is 0.323 e. The molecule has 1 fully saturated rings. The van der Waals surface area contributed by atoms with Crippen LogP contribution in [0.2, 0.25) is 0 Å². The van der Waals surface area contributed by atoms with Crippen LogP contribution in [0.1, 0.15) is 32.6 Å². The lowest BCUT2D eigenvalue weighted by atomic mass is 10.0. The molecule has 0 spiro atoms. The first-order valence-corrected chi connectivity index (χ1v) is 6.44. The molecule has 0 radical (unpaired) electrons. The normalized spacial score (nSPS) is 19.0. The maximum Gasteiger partial charge on any atom is 0.323 e. The summed E-state index contributed by atoms with van der Waals surface area (Å²) < 4.78 is 0. The second-order valence-corrected chi connectivity index (χ2v) is 4.68. The summed E-state index contributed by atoms with van der Waals surface area (Å²) in [6, 6.07) is -0.414. The minimum absolute atomic E-state index is 0.0753. The lowest BCUT2D eigenvalue weighted by Gasteiger charge is -2.38. The molecule has 1 rings (SSSR count). The van der Waals surface area contributed by atoms with E-state index < -0.39 is 31.1 Å². The number of piperidine rings is 1. The van der Waals surface area contributed by atoms with Gasteiger partial charge in [0.2, 0.25) is 0 Å². The van der Waals surface area contributed by atoms with Crippen molar-refractivity contribution in [3.8, 4) is 0 Å². The highest BCUT2D eigenvalue weighted by Gasteiger charge is 2.30. The molecule has 1 saturated heterocycles. The fourth-order valence-electron chi connectivity index (χ4n) is 2.38. The number of hydrogen-bond donors (Lipinski definition) is 2. The quantitative estimate of drug-likeness (QED) is 0.772. The fraction of sp³-hybridized carbons (Fsp3) is 0.750. The molecule has 1 aliphatic rings. The van der Waals surface area contributed by atoms with E-state index in [1.54, 1.807) is 4.90 Å². The van der Waals surface area contributed by atoms with Crippen LogP contribution in [0.4, 0.5) is 4.79 Å². The summed E-state index contributed by atoms with van der Waals surface area (Å²) in [6.45, 7) is 1.36. The minimum Gasteiger partial charge on any atom is -0.480 e. The van der Waals surface area contributed by atoms with E-state index in [0.29, 0.717) is 6.54 Å². The molecule has 0 aromatic heterocycles. The molecule has 0 saturated carbocycles. The molecule has 19 heavy (non-hydrogen) atoms. The number of nitrogens with zero attached hydrogens (tertiary/aromatic N) is 2. The fourth-order valence-corrected chi connectivity index (χ4v) is 2.38. The summed E-state index contributed by atoms with van der Waals surface area (Å²) in [4.78, 5) is 36.2. The maximum atomic E-state index is 12.3. The van der Waals surface area contributed by atoms with Gasteiger partial charge in [-0.1, -0.05) is 6.92 Å². The van der Waals surface area contributed by atoms with E-state index in [2.05, 4.69) is 0 Å². The number of rotatable bonds is 5. The minimum atomic E-state index is -1.21. The van der Waals surface area contributed by atoms with E-state index in [4.69, 9.17) is 10.2 Å². The Kier molecular flexibility index (Phi) is 5.59. The van der Waals surface area contributed by atoms with Crippen LogP contribution in [-0.4, -0.2) is 63.7 Å². The second-order valence-electron chi connectivity index (χ2n) is 4.68. The van der Waals surface area contributed by atoms with Crippen molar-refractivity contribution in [1.82, 2.24) is 9.80 Å². The summed E-state index contributed by atoms with van der Waals surface area (Å²) >= 11 is 0. The molecule has 7 nitrogen and oxygen atoms in total. The Morgan fingerprint density at radius 3 is 2.21 bits per heavy atom. The Morgan fingerprint density at radius 1 is 1.16 bits per heavy atom. The highest BCUT2D eigenvalue weighted by atomic mass is 16.4. The summed E-state index contributed by atoms with van der Waals surface area (Å²) in [6.07, 6.45) is 3.59. The number of likely N-dealkylation sites (tertiary alicyclic amines) is 1. The average molecular weight is 272 g/mol. The third-order valence-electron chi connectivity index (χ3n) is 3.27. The van der Waals surface area contributed by atoms with Gasteiger partial charge >= 0.3 is 18.0 Å². The van der Waals surface area contributed by atoms with Gasteiger partial charge in [0.05, 0.1) is 0 Å². The van der Waals surface area contributed by atoms with Gasteiger partial charge in [0.15, 0.2) is 0 Å². The van der Waals surface area contributed by atoms with Gasteiger partial charge in [-0.25, -0.2) is 4.79 Å². The number of carbonyl (C=O) groups is 3. The standard InChI is InChI=1S/C12H20N2O5/c1-2-9-5-3-4-6-14(9)12(19)13(7-10(15)16)8-11(17)18/h9H,2-8H2,1H3,(H,15,16)(H,17,18). The van der Waals surface area contributed by atoms with Gasteiger partial charge < -0.3 is 20.0 Å². The van der Waals surface area contributed by atoms with Crippen molar-refractivity contribution in [3.63, 3.8) is 0 Å². The van der Waals surface area contributed by atoms with E-state index in [1.165, 1.54) is 0 Å². The molecule has 2 amide bonds. The van der Waals surface area contributed by atoms with E-state index in [9.17, 15) is 14.4 Å². The van der Waals surface area contributed by atoms with Gasteiger partial charge in [-0.05, 0) is 25.7 Å². The lowest BCUT2D eigenvalue weighted by Crippen LogP contribution is -2.52. The molecule has 0 aliphatic carbocycles. The summed E-state index contributed by atoms with van der Waals surface area (Å²) in [7, 11) is 0. The average Bonchev–Trinajstić information content (AvgIpc) is 2.36. The van der Waals surface area contributed by atoms with Crippen LogP contribution in [-0.2, 0) is 9.59 Å². The van der Waals surface area contributed by atoms with Crippen molar-refractivity contribution < 1.29 is 24.6 Å². The number of carboxylic acids is 2. The first kappa shape index (κ1) is 15.3. The summed E-state index contributed by atoms with van der Waals surface area (Å²) in [5.41, 5.74) is 0. The predicted octanol–water partition coefficient (Wildman–Crippen LogP) is 0.842. The van der Waals surface area contributed by atoms with Gasteiger partial charge in [-0.2, -0.15) is 0 Å². The van der Waals surface area contributed by atoms with E-state index in [1.807, 2.05) is 6.92 Å². The number of carboxylic acid groups (broad SMARTS) is 2. The first-order valence-electron chi connectivity index (χ1n) is 6.44. The van der Waals surface area contributed by atoms with Crippen LogP contribution < -0.4 is 0 Å². The van der Waals surface area contributed by atoms with Crippen LogP contribution in [0.5, 0.6) is 0 Å². The molecule has 0 aromatic rings. The lowest BCUT2D eigenvalue weighted by molar-refractivity contribution is -0.140. The topological polar surface area (TPSA) is 98.2 Å². The van der Waals surface area contributed by atoms with Crippen LogP contribution >= 0.6 is 0 Å². The van der Waals surface area contributed by atoms with Crippen molar-refractivity contribution in [1.29, 1.82) is 0 Å². The number of amides is 2. The number of hydrogen-bond acceptors (Lipinski definition) is 3. The second kappa shape index (κ2) is 6.96. The highest BCUT2D eigenvalue weighted by Crippen LogP contribution is 2.20. The highest BCUT2D eigenvalue weighted by molar-refractivity contribution is 5.84. The number of urea groups is 1. The molecule has 0 aromatic carbocycles. The van der Waals surface area contributed by atoms with Gasteiger partial charge in [-0.15, -0.1) is 0 Å². The van der Waals surface area contributed by atoms with Crippen molar-refractivity contribution in [2.24, 2.45) is 0 Å². The number of carbonyl (C=O) groups excluding carboxylic acids is 1. The van der Waals surface area contributed by atoms with Crippen molar-refractivity contribution in [3.05, 3.63) is 0 Å². The maximum absolute atomic E-state index is 12.3. The van der Waals surface area contributed by atoms with Crippen LogP contribution in [0, 0.1) is 0 Å². The van der Waals surface area contributed by atoms with Crippen molar-refractivity contribution in [2.75, 3.05) is 19.6 Å². The van der Waals surface area contributed by atoms with Gasteiger partial charge in [-0.3, -0.25) is 9.59 Å². The molecular formula is C12H20N2O5. The summed E-state index contributed by atoms with van der Waals surface area (Å²) in [5, 5.41) is 17.5. The van der Waals surface area contributed by atoms with E-state index in [0.717, 1.165) is 30.6 Å². The predicted molar refractivity (Wildman–Crippen MR) is 66.9 cm³/mol. The Morgan fingerprint density at radius 2 is 1.74 bits per heavy atom. The molecule has 7 heteroatoms. The molecule has 0 bridgehead atoms. The summed E-state index contributed by atoms with van der Waals surface area (Å²) in [5.74, 6) is -2.42. The van der Waals surface area contributed by atoms with E-state index >= 15 is 0 Å². The third kappa shape index (κ3) is 4.42. The SMILES string of the molecule is CCC1CCCCN1C(=O)N(CC(=O)O)CC(=O)O. The Labute approximate surface area is 111 Å². The molecule has 1 atom stereocenters. The van der Waals surface area contributed by atoms with Crippen LogP contribution in [0.25, 0.3) is 0 Å². The van der Waals surface area contributed by atoms with Crippen molar-refractivity contribution >= 4 is 18.0 Å². The Bertz CT molecular complexity index is 342. The zero-order chi connectivity index (χ0) is 14.4. The number of aliphatic carboxylic acids is 2. The van der Waals surface area contributed by atoms with Crippen molar-refractivity contribution in [2.45, 2.75) is 38.6 Å². The van der Waals surface area contributed by atoms with Gasteiger partial charge in [0, 0.05) is 12.6 Å². The van der Waals surface area contributed by atoms with Gasteiger partial charge in [0.1, 0.15) is 13.1 Å². The zero-order valence-corrected chi connectivity index (χ0v) is 11.0. The third-order valence-corrected chi connectivity index (χ3v) is 3.27. The van der Waals surface area contributed by atoms with Crippen LogP contribution in [0.15, 0.2) is 0 Å². The molecule has 1 aliphatic heterocycles. The van der Waals surface area contributed by atoms with Gasteiger partial charge in [0.25, 0.3) is 0 Å². The molecule has 2 N–H and O–H groups in total. The van der Waals surface area contributed by atoms with Crippen LogP contribution in [0.3, 0.4) is 0 Å². The zero-order valence-electron chi connectivity index (χ0n) is 11.0. The van der Waals surface area contributed by atoms with E-state index in [-0.39, 0.29) is 6.04 Å². The largest absolute Gasteiger partial charge is 0.480 e. The first-order chi connectivity index (χ1) is 8.95. The monoisotopic (exact) mass is 272 g/mol. The Hall–Kier alpha value is -1.79. The molecular weight excluding hydrogens is 252 g/mol. The molecule has 1 unspecified atom stereocenters.